The van der Waals surface area contributed by atoms with Gasteiger partial charge in [-0.05, 0) is 24.5 Å². The predicted octanol–water partition coefficient (Wildman–Crippen LogP) is 2.79. The fourth-order valence-corrected chi connectivity index (χ4v) is 2.23. The van der Waals surface area contributed by atoms with Gasteiger partial charge in [0.25, 0.3) is 0 Å². The van der Waals surface area contributed by atoms with Crippen LogP contribution < -0.4 is 4.90 Å². The average Bonchev–Trinajstić information content (AvgIpc) is 2.77. The van der Waals surface area contributed by atoms with Crippen LogP contribution in [0, 0.1) is 17.2 Å². The van der Waals surface area contributed by atoms with Crippen LogP contribution in [0.1, 0.15) is 25.3 Å². The van der Waals surface area contributed by atoms with Crippen LogP contribution in [0.5, 0.6) is 0 Å². The molecular formula is C13H16N2. The molecule has 0 amide bonds. The Balaban J connectivity index is 2.20. The molecular weight excluding hydrogens is 184 g/mol. The maximum atomic E-state index is 9.03. The number of anilines is 1. The lowest BCUT2D eigenvalue weighted by molar-refractivity contribution is 0.569. The van der Waals surface area contributed by atoms with Crippen molar-refractivity contribution in [1.29, 1.82) is 5.26 Å². The number of nitrogens with zero attached hydrogens (tertiary/aromatic N) is 2. The highest BCUT2D eigenvalue weighted by molar-refractivity contribution is 5.59. The Hall–Kier alpha value is -1.49. The van der Waals surface area contributed by atoms with Gasteiger partial charge in [0, 0.05) is 13.1 Å². The van der Waals surface area contributed by atoms with E-state index in [2.05, 4.69) is 24.0 Å². The molecule has 1 aliphatic rings. The first-order chi connectivity index (χ1) is 7.35. The van der Waals surface area contributed by atoms with Crippen LogP contribution in [0.3, 0.4) is 0 Å². The van der Waals surface area contributed by atoms with Gasteiger partial charge >= 0.3 is 0 Å². The van der Waals surface area contributed by atoms with Crippen molar-refractivity contribution in [2.45, 2.75) is 19.8 Å². The van der Waals surface area contributed by atoms with Gasteiger partial charge in [0.2, 0.25) is 0 Å². The van der Waals surface area contributed by atoms with Crippen molar-refractivity contribution in [3.63, 3.8) is 0 Å². The minimum Gasteiger partial charge on any atom is -0.370 e. The maximum absolute atomic E-state index is 9.03. The van der Waals surface area contributed by atoms with E-state index < -0.39 is 0 Å². The van der Waals surface area contributed by atoms with Crippen molar-refractivity contribution < 1.29 is 0 Å². The maximum Gasteiger partial charge on any atom is 0.101 e. The molecule has 15 heavy (non-hydrogen) atoms. The molecule has 1 heterocycles. The molecule has 2 nitrogen and oxygen atoms in total. The molecule has 1 aliphatic heterocycles. The lowest BCUT2D eigenvalue weighted by atomic mass is 10.1. The average molecular weight is 200 g/mol. The molecule has 1 unspecified atom stereocenters. The summed E-state index contributed by atoms with van der Waals surface area (Å²) in [6, 6.07) is 10.1. The lowest BCUT2D eigenvalue weighted by Gasteiger charge is -2.19. The van der Waals surface area contributed by atoms with Crippen LogP contribution in [0.25, 0.3) is 0 Å². The first kappa shape index (κ1) is 10.0. The highest BCUT2D eigenvalue weighted by Crippen LogP contribution is 2.27. The monoisotopic (exact) mass is 200 g/mol. The fraction of sp³-hybridized carbons (Fsp3) is 0.462. The van der Waals surface area contributed by atoms with E-state index in [9.17, 15) is 0 Å². The van der Waals surface area contributed by atoms with Gasteiger partial charge in [0.05, 0.1) is 11.3 Å². The minimum atomic E-state index is 0.800. The zero-order chi connectivity index (χ0) is 10.7. The van der Waals surface area contributed by atoms with E-state index in [4.69, 9.17) is 5.26 Å². The smallest absolute Gasteiger partial charge is 0.101 e. The number of hydrogen-bond donors (Lipinski definition) is 0. The Kier molecular flexibility index (Phi) is 2.91. The Morgan fingerprint density at radius 2 is 2.27 bits per heavy atom. The predicted molar refractivity (Wildman–Crippen MR) is 61.8 cm³/mol. The molecule has 0 spiro atoms. The van der Waals surface area contributed by atoms with Gasteiger partial charge in [-0.2, -0.15) is 5.26 Å². The van der Waals surface area contributed by atoms with Crippen molar-refractivity contribution in [1.82, 2.24) is 0 Å². The van der Waals surface area contributed by atoms with Gasteiger partial charge in [-0.15, -0.1) is 0 Å². The van der Waals surface area contributed by atoms with Gasteiger partial charge in [0.15, 0.2) is 0 Å². The van der Waals surface area contributed by atoms with Crippen LogP contribution >= 0.6 is 0 Å². The summed E-state index contributed by atoms with van der Waals surface area (Å²) in [7, 11) is 0. The zero-order valence-corrected chi connectivity index (χ0v) is 9.11. The largest absolute Gasteiger partial charge is 0.370 e. The Morgan fingerprint density at radius 3 is 2.93 bits per heavy atom. The normalized spacial score (nSPS) is 20.3. The molecule has 1 atom stereocenters. The van der Waals surface area contributed by atoms with E-state index in [0.717, 1.165) is 30.3 Å². The SMILES string of the molecule is CCC1CCN(c2ccccc2C#N)C1. The Bertz CT molecular complexity index is 378. The third-order valence-corrected chi connectivity index (χ3v) is 3.23. The fourth-order valence-electron chi connectivity index (χ4n) is 2.23. The molecule has 78 valence electrons. The molecule has 0 N–H and O–H groups in total. The lowest BCUT2D eigenvalue weighted by Crippen LogP contribution is -2.20. The van der Waals surface area contributed by atoms with E-state index in [1.807, 2.05) is 18.2 Å². The molecule has 0 bridgehead atoms. The molecule has 2 rings (SSSR count). The highest BCUT2D eigenvalue weighted by Gasteiger charge is 2.22. The molecule has 1 aromatic rings. The minimum absolute atomic E-state index is 0.800. The zero-order valence-electron chi connectivity index (χ0n) is 9.11. The third-order valence-electron chi connectivity index (χ3n) is 3.23. The number of benzene rings is 1. The summed E-state index contributed by atoms with van der Waals surface area (Å²) in [6.45, 7) is 4.44. The van der Waals surface area contributed by atoms with Gasteiger partial charge in [-0.1, -0.05) is 25.5 Å². The van der Waals surface area contributed by atoms with Gasteiger partial charge in [-0.3, -0.25) is 0 Å². The summed E-state index contributed by atoms with van der Waals surface area (Å²) >= 11 is 0. The quantitative estimate of drug-likeness (QED) is 0.734. The summed E-state index contributed by atoms with van der Waals surface area (Å²) < 4.78 is 0. The van der Waals surface area contributed by atoms with Crippen molar-refractivity contribution in [3.8, 4) is 6.07 Å². The number of nitriles is 1. The second-order valence-corrected chi connectivity index (χ2v) is 4.14. The van der Waals surface area contributed by atoms with Crippen LogP contribution in [-0.4, -0.2) is 13.1 Å². The second-order valence-electron chi connectivity index (χ2n) is 4.14. The van der Waals surface area contributed by atoms with Crippen LogP contribution in [-0.2, 0) is 0 Å². The van der Waals surface area contributed by atoms with Crippen molar-refractivity contribution in [2.75, 3.05) is 18.0 Å². The summed E-state index contributed by atoms with van der Waals surface area (Å²) in [5.74, 6) is 0.803. The molecule has 2 heteroatoms. The van der Waals surface area contributed by atoms with E-state index >= 15 is 0 Å². The van der Waals surface area contributed by atoms with E-state index in [1.54, 1.807) is 0 Å². The summed E-state index contributed by atoms with van der Waals surface area (Å²) in [4.78, 5) is 2.34. The van der Waals surface area contributed by atoms with Crippen molar-refractivity contribution >= 4 is 5.69 Å². The highest BCUT2D eigenvalue weighted by atomic mass is 15.2. The van der Waals surface area contributed by atoms with Crippen LogP contribution in [0.15, 0.2) is 24.3 Å². The summed E-state index contributed by atoms with van der Waals surface area (Å²) in [5, 5.41) is 9.03. The number of rotatable bonds is 2. The first-order valence-electron chi connectivity index (χ1n) is 5.59. The molecule has 1 aromatic carbocycles. The third kappa shape index (κ3) is 1.97. The van der Waals surface area contributed by atoms with Gasteiger partial charge in [0.1, 0.15) is 6.07 Å². The van der Waals surface area contributed by atoms with Gasteiger partial charge in [-0.25, -0.2) is 0 Å². The Labute approximate surface area is 91.1 Å². The number of para-hydroxylation sites is 1. The van der Waals surface area contributed by atoms with Crippen molar-refractivity contribution in [3.05, 3.63) is 29.8 Å². The number of hydrogen-bond acceptors (Lipinski definition) is 2. The molecule has 0 saturated carbocycles. The standard InChI is InChI=1S/C13H16N2/c1-2-11-7-8-15(10-11)13-6-4-3-5-12(13)9-14/h3-6,11H,2,7-8,10H2,1H3. The molecule has 1 saturated heterocycles. The van der Waals surface area contributed by atoms with E-state index in [0.29, 0.717) is 0 Å². The molecule has 0 aromatic heterocycles. The van der Waals surface area contributed by atoms with Gasteiger partial charge < -0.3 is 4.90 Å². The topological polar surface area (TPSA) is 27.0 Å². The Morgan fingerprint density at radius 1 is 1.47 bits per heavy atom. The van der Waals surface area contributed by atoms with Crippen LogP contribution in [0.2, 0.25) is 0 Å². The summed E-state index contributed by atoms with van der Waals surface area (Å²) in [6.07, 6.45) is 2.50. The van der Waals surface area contributed by atoms with Crippen molar-refractivity contribution in [2.24, 2.45) is 5.92 Å². The van der Waals surface area contributed by atoms with E-state index in [-0.39, 0.29) is 0 Å². The van der Waals surface area contributed by atoms with Crippen LogP contribution in [0.4, 0.5) is 5.69 Å². The first-order valence-corrected chi connectivity index (χ1v) is 5.59. The van der Waals surface area contributed by atoms with E-state index in [1.165, 1.54) is 12.8 Å². The summed E-state index contributed by atoms with van der Waals surface area (Å²) in [5.41, 5.74) is 1.91. The molecule has 1 fully saturated rings. The molecule has 0 radical (unpaired) electrons. The molecule has 0 aliphatic carbocycles. The second kappa shape index (κ2) is 4.35.